The van der Waals surface area contributed by atoms with Crippen molar-refractivity contribution in [3.8, 4) is 0 Å². The predicted octanol–water partition coefficient (Wildman–Crippen LogP) is 4.40. The molecule has 0 radical (unpaired) electrons. The monoisotopic (exact) mass is 290 g/mol. The van der Waals surface area contributed by atoms with Crippen LogP contribution >= 0.6 is 0 Å². The quantitative estimate of drug-likeness (QED) is 0.463. The Morgan fingerprint density at radius 2 is 1.28 bits per heavy atom. The molecule has 18 heavy (non-hydrogen) atoms. The summed E-state index contributed by atoms with van der Waals surface area (Å²) in [5.74, 6) is 1.69. The van der Waals surface area contributed by atoms with Crippen LogP contribution in [0.15, 0.2) is 0 Å². The number of hydrogen-bond acceptors (Lipinski definition) is 2. The van der Waals surface area contributed by atoms with E-state index in [4.69, 9.17) is 0 Å². The average molecular weight is 290 g/mol. The molecule has 2 saturated carbocycles. The van der Waals surface area contributed by atoms with Crippen LogP contribution in [-0.4, -0.2) is 23.4 Å². The van der Waals surface area contributed by atoms with Crippen molar-refractivity contribution < 1.29 is 26.9 Å². The molecule has 2 aliphatic carbocycles. The summed E-state index contributed by atoms with van der Waals surface area (Å²) in [6.45, 7) is 0. The van der Waals surface area contributed by atoms with Gasteiger partial charge in [-0.05, 0) is 24.7 Å². The Hall–Kier alpha value is 0.634. The molecule has 0 aliphatic heterocycles. The third kappa shape index (κ3) is 5.73. The Morgan fingerprint density at radius 1 is 0.833 bits per heavy atom. The minimum atomic E-state index is 0. The molecular formula is C15H32NOTi+. The standard InChI is InChI=1S/C12H23NO.3CH3.Ti/c1-13(14)12-9-5-4-8-11(12)10-6-2-3-7-10;;;;/h10-12,14H,2-9H2,1H3;3*1H3;/q;3*-1;+4. The molecule has 2 rings (SSSR count). The van der Waals surface area contributed by atoms with E-state index in [0.29, 0.717) is 6.04 Å². The zero-order valence-corrected chi connectivity index (χ0v) is 14.3. The molecule has 2 fully saturated rings. The first-order chi connectivity index (χ1) is 6.79. The summed E-state index contributed by atoms with van der Waals surface area (Å²) < 4.78 is 0. The maximum absolute atomic E-state index is 9.64. The summed E-state index contributed by atoms with van der Waals surface area (Å²) >= 11 is 0. The van der Waals surface area contributed by atoms with Crippen LogP contribution < -0.4 is 0 Å². The Kier molecular flexibility index (Phi) is 15.1. The topological polar surface area (TPSA) is 23.5 Å². The molecule has 2 atom stereocenters. The first-order valence-corrected chi connectivity index (χ1v) is 6.21. The van der Waals surface area contributed by atoms with E-state index >= 15 is 0 Å². The second-order valence-electron chi connectivity index (χ2n) is 5.13. The van der Waals surface area contributed by atoms with Gasteiger partial charge in [0.2, 0.25) is 0 Å². The molecule has 0 amide bonds. The van der Waals surface area contributed by atoms with Gasteiger partial charge >= 0.3 is 21.7 Å². The molecule has 0 aromatic carbocycles. The molecule has 2 nitrogen and oxygen atoms in total. The van der Waals surface area contributed by atoms with E-state index in [1.807, 2.05) is 7.05 Å². The van der Waals surface area contributed by atoms with Crippen LogP contribution in [-0.2, 0) is 21.7 Å². The van der Waals surface area contributed by atoms with Crippen LogP contribution in [0.5, 0.6) is 0 Å². The van der Waals surface area contributed by atoms with Gasteiger partial charge in [0.25, 0.3) is 0 Å². The van der Waals surface area contributed by atoms with E-state index in [0.717, 1.165) is 11.8 Å². The molecule has 0 spiro atoms. The molecule has 0 saturated heterocycles. The fraction of sp³-hybridized carbons (Fsp3) is 0.800. The Labute approximate surface area is 130 Å². The zero-order valence-electron chi connectivity index (χ0n) is 12.8. The minimum Gasteiger partial charge on any atom is -0.358 e. The summed E-state index contributed by atoms with van der Waals surface area (Å²) in [5.41, 5.74) is 0. The van der Waals surface area contributed by atoms with Crippen LogP contribution in [0.3, 0.4) is 0 Å². The van der Waals surface area contributed by atoms with E-state index in [2.05, 4.69) is 0 Å². The van der Waals surface area contributed by atoms with Crippen molar-refractivity contribution in [2.24, 2.45) is 11.8 Å². The molecule has 3 heteroatoms. The van der Waals surface area contributed by atoms with E-state index in [-0.39, 0.29) is 44.0 Å². The van der Waals surface area contributed by atoms with Crippen molar-refractivity contribution in [2.45, 2.75) is 57.4 Å². The smallest absolute Gasteiger partial charge is 0.358 e. The van der Waals surface area contributed by atoms with Crippen LogP contribution in [0.1, 0.15) is 51.4 Å². The first-order valence-electron chi connectivity index (χ1n) is 6.21. The van der Waals surface area contributed by atoms with Gasteiger partial charge in [-0.25, -0.2) is 0 Å². The van der Waals surface area contributed by atoms with Crippen molar-refractivity contribution >= 4 is 0 Å². The largest absolute Gasteiger partial charge is 4.00 e. The fourth-order valence-electron chi connectivity index (χ4n) is 3.54. The third-order valence-corrected chi connectivity index (χ3v) is 4.27. The zero-order chi connectivity index (χ0) is 9.97. The number of rotatable bonds is 2. The fourth-order valence-corrected chi connectivity index (χ4v) is 3.54. The van der Waals surface area contributed by atoms with Crippen molar-refractivity contribution in [3.05, 3.63) is 22.3 Å². The predicted molar refractivity (Wildman–Crippen MR) is 76.5 cm³/mol. The maximum atomic E-state index is 9.64. The molecule has 0 heterocycles. The van der Waals surface area contributed by atoms with Crippen molar-refractivity contribution in [1.29, 1.82) is 0 Å². The van der Waals surface area contributed by atoms with E-state index in [1.54, 1.807) is 0 Å². The van der Waals surface area contributed by atoms with Crippen molar-refractivity contribution in [1.82, 2.24) is 5.06 Å². The molecular weight excluding hydrogens is 258 g/mol. The molecule has 0 aromatic rings. The summed E-state index contributed by atoms with van der Waals surface area (Å²) in [7, 11) is 1.83. The number of hydroxylamine groups is 2. The summed E-state index contributed by atoms with van der Waals surface area (Å²) in [4.78, 5) is 0. The summed E-state index contributed by atoms with van der Waals surface area (Å²) in [5, 5.41) is 11.1. The first kappa shape index (κ1) is 23.7. The van der Waals surface area contributed by atoms with Crippen molar-refractivity contribution in [3.63, 3.8) is 0 Å². The average Bonchev–Trinajstić information content (AvgIpc) is 2.70. The van der Waals surface area contributed by atoms with Crippen LogP contribution in [0, 0.1) is 34.1 Å². The van der Waals surface area contributed by atoms with Gasteiger partial charge in [-0.2, -0.15) is 5.06 Å². The van der Waals surface area contributed by atoms with Gasteiger partial charge in [0.05, 0.1) is 0 Å². The normalized spacial score (nSPS) is 27.5. The second-order valence-corrected chi connectivity index (χ2v) is 5.13. The molecule has 0 aromatic heterocycles. The van der Waals surface area contributed by atoms with E-state index < -0.39 is 0 Å². The Morgan fingerprint density at radius 3 is 1.78 bits per heavy atom. The van der Waals surface area contributed by atoms with E-state index in [9.17, 15) is 5.21 Å². The maximum Gasteiger partial charge on any atom is 4.00 e. The number of hydrogen-bond donors (Lipinski definition) is 1. The van der Waals surface area contributed by atoms with Gasteiger partial charge in [0.1, 0.15) is 0 Å². The van der Waals surface area contributed by atoms with Gasteiger partial charge in [-0.15, -0.1) is 0 Å². The Bertz CT molecular complexity index is 181. The molecule has 1 N–H and O–H groups in total. The third-order valence-electron chi connectivity index (χ3n) is 4.27. The molecule has 2 unspecified atom stereocenters. The van der Waals surface area contributed by atoms with Gasteiger partial charge < -0.3 is 27.5 Å². The minimum absolute atomic E-state index is 0. The van der Waals surface area contributed by atoms with Gasteiger partial charge in [-0.3, -0.25) is 0 Å². The van der Waals surface area contributed by atoms with E-state index in [1.165, 1.54) is 56.4 Å². The molecule has 106 valence electrons. The molecule has 2 aliphatic rings. The van der Waals surface area contributed by atoms with Crippen molar-refractivity contribution in [2.75, 3.05) is 7.05 Å². The number of nitrogens with zero attached hydrogens (tertiary/aromatic N) is 1. The summed E-state index contributed by atoms with van der Waals surface area (Å²) in [6.07, 6.45) is 10.9. The van der Waals surface area contributed by atoms with Gasteiger partial charge in [-0.1, -0.05) is 38.5 Å². The second kappa shape index (κ2) is 11.5. The van der Waals surface area contributed by atoms with Gasteiger partial charge in [0.15, 0.2) is 0 Å². The van der Waals surface area contributed by atoms with Crippen LogP contribution in [0.4, 0.5) is 0 Å². The van der Waals surface area contributed by atoms with Crippen LogP contribution in [0.2, 0.25) is 0 Å². The van der Waals surface area contributed by atoms with Crippen LogP contribution in [0.25, 0.3) is 0 Å². The summed E-state index contributed by atoms with van der Waals surface area (Å²) in [6, 6.07) is 0.451. The Balaban J connectivity index is -0.000000562. The van der Waals surface area contributed by atoms with Gasteiger partial charge in [0, 0.05) is 13.1 Å². The molecule has 0 bridgehead atoms. The SMILES string of the molecule is CN(O)C1CCCCC1C1CCCC1.[CH3-].[CH3-].[CH3-].[Ti+4].